The highest BCUT2D eigenvalue weighted by Crippen LogP contribution is 2.34. The van der Waals surface area contributed by atoms with Crippen molar-refractivity contribution in [2.24, 2.45) is 0 Å². The minimum Gasteiger partial charge on any atom is -0.490 e. The summed E-state index contributed by atoms with van der Waals surface area (Å²) < 4.78 is 23.3. The maximum absolute atomic E-state index is 12.3. The standard InChI is InChI=1S/C28H35NO5/c1-7-31-25(28(30)32-8-2)15-21-11-9-10-12-24(21)33-17-22-16-29-23-14-19(5)13-20(6)26(23)27(22)34-18(3)4/h9-14,16,18,25H,7-8,15,17H2,1-6H3. The number of ether oxygens (including phenoxy) is 4. The second kappa shape index (κ2) is 11.8. The molecule has 0 radical (unpaired) electrons. The van der Waals surface area contributed by atoms with Crippen LogP contribution in [0.1, 0.15) is 49.9 Å². The summed E-state index contributed by atoms with van der Waals surface area (Å²) >= 11 is 0. The van der Waals surface area contributed by atoms with E-state index in [1.165, 1.54) is 0 Å². The number of hydrogen-bond acceptors (Lipinski definition) is 6. The van der Waals surface area contributed by atoms with Gasteiger partial charge in [0.05, 0.1) is 23.8 Å². The second-order valence-corrected chi connectivity index (χ2v) is 8.55. The topological polar surface area (TPSA) is 66.9 Å². The molecule has 0 amide bonds. The number of carbonyl (C=O) groups excluding carboxylic acids is 1. The third kappa shape index (κ3) is 6.26. The van der Waals surface area contributed by atoms with E-state index in [0.717, 1.165) is 38.9 Å². The zero-order valence-corrected chi connectivity index (χ0v) is 21.0. The Morgan fingerprint density at radius 1 is 1.03 bits per heavy atom. The first-order valence-corrected chi connectivity index (χ1v) is 11.9. The van der Waals surface area contributed by atoms with Crippen LogP contribution in [0.3, 0.4) is 0 Å². The van der Waals surface area contributed by atoms with E-state index >= 15 is 0 Å². The Hall–Kier alpha value is -3.12. The fourth-order valence-corrected chi connectivity index (χ4v) is 4.00. The van der Waals surface area contributed by atoms with Gasteiger partial charge in [0.25, 0.3) is 0 Å². The summed E-state index contributed by atoms with van der Waals surface area (Å²) in [5.74, 6) is 1.12. The van der Waals surface area contributed by atoms with Crippen LogP contribution in [0.4, 0.5) is 0 Å². The van der Waals surface area contributed by atoms with E-state index in [2.05, 4.69) is 31.0 Å². The SMILES string of the molecule is CCOC(=O)C(Cc1ccccc1OCc1cnc2cc(C)cc(C)c2c1OC(C)C)OCC. The fourth-order valence-electron chi connectivity index (χ4n) is 4.00. The number of para-hydroxylation sites is 1. The lowest BCUT2D eigenvalue weighted by Gasteiger charge is -2.20. The van der Waals surface area contributed by atoms with Gasteiger partial charge >= 0.3 is 5.97 Å². The van der Waals surface area contributed by atoms with E-state index in [-0.39, 0.29) is 18.7 Å². The summed E-state index contributed by atoms with van der Waals surface area (Å²) in [5.41, 5.74) is 4.94. The lowest BCUT2D eigenvalue weighted by atomic mass is 10.0. The third-order valence-electron chi connectivity index (χ3n) is 5.37. The summed E-state index contributed by atoms with van der Waals surface area (Å²) in [5, 5.41) is 1.01. The number of pyridine rings is 1. The highest BCUT2D eigenvalue weighted by molar-refractivity contribution is 5.89. The van der Waals surface area contributed by atoms with E-state index in [4.69, 9.17) is 18.9 Å². The monoisotopic (exact) mass is 465 g/mol. The summed E-state index contributed by atoms with van der Waals surface area (Å²) in [6, 6.07) is 11.9. The number of rotatable bonds is 11. The van der Waals surface area contributed by atoms with Gasteiger partial charge in [-0.15, -0.1) is 0 Å². The molecule has 0 aliphatic heterocycles. The Bertz CT molecular complexity index is 1130. The second-order valence-electron chi connectivity index (χ2n) is 8.55. The van der Waals surface area contributed by atoms with Crippen molar-refractivity contribution in [3.8, 4) is 11.5 Å². The molecule has 1 atom stereocenters. The van der Waals surface area contributed by atoms with Crippen LogP contribution in [0.15, 0.2) is 42.6 Å². The van der Waals surface area contributed by atoms with Gasteiger partial charge in [-0.2, -0.15) is 0 Å². The van der Waals surface area contributed by atoms with E-state index < -0.39 is 6.10 Å². The molecular formula is C28H35NO5. The number of nitrogens with zero attached hydrogens (tertiary/aromatic N) is 1. The largest absolute Gasteiger partial charge is 0.490 e. The van der Waals surface area contributed by atoms with Gasteiger partial charge in [0.1, 0.15) is 18.1 Å². The summed E-state index contributed by atoms with van der Waals surface area (Å²) in [4.78, 5) is 17.0. The molecule has 3 rings (SSSR count). The Balaban J connectivity index is 1.90. The summed E-state index contributed by atoms with van der Waals surface area (Å²) in [6.07, 6.45) is 1.52. The first-order chi connectivity index (χ1) is 16.3. The van der Waals surface area contributed by atoms with Gasteiger partial charge in [0.15, 0.2) is 6.10 Å². The van der Waals surface area contributed by atoms with Crippen LogP contribution in [0.2, 0.25) is 0 Å². The average molecular weight is 466 g/mol. The quantitative estimate of drug-likeness (QED) is 0.337. The van der Waals surface area contributed by atoms with Crippen molar-refractivity contribution in [3.05, 3.63) is 64.8 Å². The minimum absolute atomic E-state index is 0.00821. The maximum atomic E-state index is 12.3. The molecule has 6 nitrogen and oxygen atoms in total. The van der Waals surface area contributed by atoms with Crippen LogP contribution in [-0.4, -0.2) is 36.4 Å². The predicted molar refractivity (Wildman–Crippen MR) is 134 cm³/mol. The first kappa shape index (κ1) is 25.5. The third-order valence-corrected chi connectivity index (χ3v) is 5.37. The number of hydrogen-bond donors (Lipinski definition) is 0. The Labute approximate surface area is 202 Å². The predicted octanol–water partition coefficient (Wildman–Crippen LogP) is 5.73. The van der Waals surface area contributed by atoms with Crippen molar-refractivity contribution < 1.29 is 23.7 Å². The van der Waals surface area contributed by atoms with E-state index in [9.17, 15) is 4.79 Å². The molecule has 182 valence electrons. The molecule has 0 saturated carbocycles. The molecule has 0 aliphatic carbocycles. The van der Waals surface area contributed by atoms with Crippen LogP contribution in [0.25, 0.3) is 10.9 Å². The van der Waals surface area contributed by atoms with Gasteiger partial charge in [-0.3, -0.25) is 4.98 Å². The van der Waals surface area contributed by atoms with Crippen molar-refractivity contribution in [2.75, 3.05) is 13.2 Å². The van der Waals surface area contributed by atoms with Crippen LogP contribution in [0, 0.1) is 13.8 Å². The van der Waals surface area contributed by atoms with Gasteiger partial charge in [0, 0.05) is 24.6 Å². The Morgan fingerprint density at radius 3 is 2.50 bits per heavy atom. The van der Waals surface area contributed by atoms with Gasteiger partial charge in [-0.25, -0.2) is 4.79 Å². The van der Waals surface area contributed by atoms with Gasteiger partial charge < -0.3 is 18.9 Å². The van der Waals surface area contributed by atoms with Gasteiger partial charge in [-0.05, 0) is 70.4 Å². The van der Waals surface area contributed by atoms with E-state index in [1.54, 1.807) is 6.92 Å². The smallest absolute Gasteiger partial charge is 0.335 e. The lowest BCUT2D eigenvalue weighted by molar-refractivity contribution is -0.156. The number of esters is 1. The number of benzene rings is 2. The van der Waals surface area contributed by atoms with Crippen molar-refractivity contribution in [2.45, 2.75) is 66.8 Å². The van der Waals surface area contributed by atoms with Crippen LogP contribution in [0.5, 0.6) is 11.5 Å². The molecule has 0 bridgehead atoms. The van der Waals surface area contributed by atoms with Crippen LogP contribution < -0.4 is 9.47 Å². The first-order valence-electron chi connectivity index (χ1n) is 11.9. The molecule has 0 fully saturated rings. The van der Waals surface area contributed by atoms with Crippen LogP contribution >= 0.6 is 0 Å². The normalized spacial score (nSPS) is 12.1. The number of aryl methyl sites for hydroxylation is 2. The zero-order chi connectivity index (χ0) is 24.7. The highest BCUT2D eigenvalue weighted by atomic mass is 16.6. The number of fused-ring (bicyclic) bond motifs is 1. The molecule has 0 N–H and O–H groups in total. The molecule has 34 heavy (non-hydrogen) atoms. The molecule has 0 aliphatic rings. The lowest BCUT2D eigenvalue weighted by Crippen LogP contribution is -2.29. The average Bonchev–Trinajstić information content (AvgIpc) is 2.78. The molecule has 3 aromatic rings. The number of aromatic nitrogens is 1. The summed E-state index contributed by atoms with van der Waals surface area (Å²) in [7, 11) is 0. The Morgan fingerprint density at radius 2 is 1.79 bits per heavy atom. The molecule has 0 spiro atoms. The molecule has 1 heterocycles. The number of carbonyl (C=O) groups is 1. The Kier molecular flexibility index (Phi) is 8.88. The highest BCUT2D eigenvalue weighted by Gasteiger charge is 2.22. The molecule has 1 aromatic heterocycles. The molecule has 2 aromatic carbocycles. The van der Waals surface area contributed by atoms with E-state index in [0.29, 0.717) is 25.4 Å². The molecule has 1 unspecified atom stereocenters. The fraction of sp³-hybridized carbons (Fsp3) is 0.429. The van der Waals surface area contributed by atoms with Gasteiger partial charge in [-0.1, -0.05) is 24.3 Å². The van der Waals surface area contributed by atoms with Crippen LogP contribution in [-0.2, 0) is 27.3 Å². The van der Waals surface area contributed by atoms with Crippen molar-refractivity contribution in [1.29, 1.82) is 0 Å². The van der Waals surface area contributed by atoms with Crippen molar-refractivity contribution in [1.82, 2.24) is 4.98 Å². The van der Waals surface area contributed by atoms with Gasteiger partial charge in [0.2, 0.25) is 0 Å². The zero-order valence-electron chi connectivity index (χ0n) is 21.0. The van der Waals surface area contributed by atoms with Crippen molar-refractivity contribution >= 4 is 16.9 Å². The summed E-state index contributed by atoms with van der Waals surface area (Å²) in [6.45, 7) is 12.8. The molecular weight excluding hydrogens is 430 g/mol. The molecule has 6 heteroatoms. The molecule has 0 saturated heterocycles. The van der Waals surface area contributed by atoms with Crippen molar-refractivity contribution in [3.63, 3.8) is 0 Å². The van der Waals surface area contributed by atoms with E-state index in [1.807, 2.05) is 51.2 Å². The maximum Gasteiger partial charge on any atom is 0.335 e. The minimum atomic E-state index is -0.678.